The monoisotopic (exact) mass is 462 g/mol. The molecular formula is C27H24F2N2O3. The summed E-state index contributed by atoms with van der Waals surface area (Å²) in [5, 5.41) is 10.7. The Morgan fingerprint density at radius 3 is 2.44 bits per heavy atom. The summed E-state index contributed by atoms with van der Waals surface area (Å²) in [4.78, 5) is 17.4. The van der Waals surface area contributed by atoms with Gasteiger partial charge in [0.05, 0.1) is 11.1 Å². The van der Waals surface area contributed by atoms with Crippen LogP contribution in [0.5, 0.6) is 11.5 Å². The Balaban J connectivity index is 1.36. The molecule has 1 saturated heterocycles. The van der Waals surface area contributed by atoms with E-state index in [0.29, 0.717) is 34.5 Å². The molecule has 0 aliphatic carbocycles. The molecule has 0 spiro atoms. The number of carbonyl (C=O) groups is 1. The van der Waals surface area contributed by atoms with Gasteiger partial charge in [0.25, 0.3) is 0 Å². The highest BCUT2D eigenvalue weighted by Crippen LogP contribution is 2.42. The maximum atomic E-state index is 13.6. The minimum absolute atomic E-state index is 0.0806. The molecule has 2 aliphatic rings. The van der Waals surface area contributed by atoms with Crippen molar-refractivity contribution in [2.24, 2.45) is 0 Å². The maximum absolute atomic E-state index is 13.6. The minimum atomic E-state index is -0.397. The smallest absolute Gasteiger partial charge is 0.232 e. The van der Waals surface area contributed by atoms with Gasteiger partial charge in [0.15, 0.2) is 5.76 Å². The van der Waals surface area contributed by atoms with Crippen molar-refractivity contribution in [3.05, 3.63) is 94.2 Å². The highest BCUT2D eigenvalue weighted by atomic mass is 19.1. The molecule has 3 aromatic carbocycles. The third kappa shape index (κ3) is 4.26. The lowest BCUT2D eigenvalue weighted by atomic mass is 9.99. The van der Waals surface area contributed by atoms with E-state index in [1.54, 1.807) is 37.3 Å². The number of aryl methyl sites for hydroxylation is 1. The number of aromatic hydroxyl groups is 1. The van der Waals surface area contributed by atoms with Gasteiger partial charge in [0.2, 0.25) is 5.78 Å². The number of ketones is 1. The Morgan fingerprint density at radius 1 is 1.00 bits per heavy atom. The quantitative estimate of drug-likeness (QED) is 0.558. The fourth-order valence-corrected chi connectivity index (χ4v) is 4.52. The summed E-state index contributed by atoms with van der Waals surface area (Å²) in [6, 6.07) is 14.0. The van der Waals surface area contributed by atoms with Crippen LogP contribution in [0.2, 0.25) is 0 Å². The van der Waals surface area contributed by atoms with Gasteiger partial charge in [0, 0.05) is 38.4 Å². The van der Waals surface area contributed by atoms with E-state index >= 15 is 0 Å². The molecule has 1 fully saturated rings. The van der Waals surface area contributed by atoms with Crippen LogP contribution in [-0.4, -0.2) is 42.0 Å². The third-order valence-electron chi connectivity index (χ3n) is 6.31. The Kier molecular flexibility index (Phi) is 5.79. The van der Waals surface area contributed by atoms with Crippen LogP contribution in [-0.2, 0) is 6.54 Å². The zero-order valence-corrected chi connectivity index (χ0v) is 18.7. The van der Waals surface area contributed by atoms with Gasteiger partial charge in [-0.2, -0.15) is 0 Å². The zero-order chi connectivity index (χ0) is 23.8. The first-order chi connectivity index (χ1) is 16.4. The molecular weight excluding hydrogens is 438 g/mol. The van der Waals surface area contributed by atoms with E-state index in [9.17, 15) is 18.7 Å². The van der Waals surface area contributed by atoms with E-state index < -0.39 is 5.82 Å². The zero-order valence-electron chi connectivity index (χ0n) is 18.7. The molecule has 0 radical (unpaired) electrons. The third-order valence-corrected chi connectivity index (χ3v) is 6.31. The molecule has 174 valence electrons. The molecule has 2 aliphatic heterocycles. The molecule has 1 N–H and O–H groups in total. The summed E-state index contributed by atoms with van der Waals surface area (Å²) in [7, 11) is 0. The lowest BCUT2D eigenvalue weighted by molar-refractivity contribution is 0.101. The topological polar surface area (TPSA) is 53.0 Å². The molecule has 0 saturated carbocycles. The number of ether oxygens (including phenoxy) is 1. The van der Waals surface area contributed by atoms with Crippen molar-refractivity contribution in [1.82, 2.24) is 4.90 Å². The van der Waals surface area contributed by atoms with Crippen LogP contribution in [0.3, 0.4) is 0 Å². The second-order valence-electron chi connectivity index (χ2n) is 8.63. The number of fused-ring (bicyclic) bond motifs is 1. The van der Waals surface area contributed by atoms with Gasteiger partial charge in [0.1, 0.15) is 23.1 Å². The molecule has 5 rings (SSSR count). The van der Waals surface area contributed by atoms with Crippen LogP contribution in [0.15, 0.2) is 60.4 Å². The highest BCUT2D eigenvalue weighted by molar-refractivity contribution is 6.15. The second-order valence-corrected chi connectivity index (χ2v) is 8.63. The normalized spacial score (nSPS) is 17.2. The first-order valence-electron chi connectivity index (χ1n) is 11.2. The molecule has 0 atom stereocenters. The standard InChI is InChI=1S/C27H24F2N2O3/c1-17-13-23(32)22(16-30-9-11-31(12-10-30)21-7-5-19(28)6-8-21)27-25(17)26(33)24(34-27)15-18-3-2-4-20(29)14-18/h2-8,13-15,32H,9-12,16H2,1H3/b24-15-. The number of allylic oxidation sites excluding steroid dienone is 1. The van der Waals surface area contributed by atoms with Crippen molar-refractivity contribution in [3.8, 4) is 11.5 Å². The fourth-order valence-electron chi connectivity index (χ4n) is 4.52. The number of anilines is 1. The van der Waals surface area contributed by atoms with Crippen LogP contribution in [0.25, 0.3) is 6.08 Å². The van der Waals surface area contributed by atoms with Gasteiger partial charge in [-0.3, -0.25) is 9.69 Å². The summed E-state index contributed by atoms with van der Waals surface area (Å²) in [5.41, 5.74) is 3.12. The maximum Gasteiger partial charge on any atom is 0.232 e. The number of Topliss-reactive ketones (excluding diaryl/α,β-unsaturated/α-hetero) is 1. The summed E-state index contributed by atoms with van der Waals surface area (Å²) < 4.78 is 32.8. The predicted molar refractivity (Wildman–Crippen MR) is 126 cm³/mol. The lowest BCUT2D eigenvalue weighted by Crippen LogP contribution is -2.46. The van der Waals surface area contributed by atoms with E-state index in [-0.39, 0.29) is 23.1 Å². The number of halogens is 2. The van der Waals surface area contributed by atoms with Crippen molar-refractivity contribution in [2.45, 2.75) is 13.5 Å². The molecule has 0 amide bonds. The van der Waals surface area contributed by atoms with Gasteiger partial charge in [-0.05, 0) is 66.6 Å². The number of rotatable bonds is 4. The number of hydrogen-bond donors (Lipinski definition) is 1. The average molecular weight is 462 g/mol. The average Bonchev–Trinajstić information content (AvgIpc) is 3.14. The summed E-state index contributed by atoms with van der Waals surface area (Å²) in [6.45, 7) is 5.16. The van der Waals surface area contributed by atoms with Gasteiger partial charge in [-0.1, -0.05) is 12.1 Å². The van der Waals surface area contributed by atoms with Crippen LogP contribution in [0.4, 0.5) is 14.5 Å². The highest BCUT2D eigenvalue weighted by Gasteiger charge is 2.34. The van der Waals surface area contributed by atoms with E-state index in [4.69, 9.17) is 4.74 Å². The van der Waals surface area contributed by atoms with Crippen LogP contribution in [0, 0.1) is 18.6 Å². The second kappa shape index (κ2) is 8.91. The Bertz CT molecular complexity index is 1280. The number of hydrogen-bond acceptors (Lipinski definition) is 5. The van der Waals surface area contributed by atoms with Gasteiger partial charge >= 0.3 is 0 Å². The van der Waals surface area contributed by atoms with Crippen molar-refractivity contribution in [3.63, 3.8) is 0 Å². The van der Waals surface area contributed by atoms with Crippen molar-refractivity contribution in [1.29, 1.82) is 0 Å². The van der Waals surface area contributed by atoms with E-state index in [1.807, 2.05) is 0 Å². The molecule has 0 bridgehead atoms. The number of phenols is 1. The summed E-state index contributed by atoms with van der Waals surface area (Å²) in [5.74, 6) is -0.378. The number of benzene rings is 3. The van der Waals surface area contributed by atoms with Crippen LogP contribution >= 0.6 is 0 Å². The Hall–Kier alpha value is -3.71. The first-order valence-corrected chi connectivity index (χ1v) is 11.2. The Morgan fingerprint density at radius 2 is 1.74 bits per heavy atom. The molecule has 34 heavy (non-hydrogen) atoms. The molecule has 2 heterocycles. The lowest BCUT2D eigenvalue weighted by Gasteiger charge is -2.36. The van der Waals surface area contributed by atoms with Crippen molar-refractivity contribution >= 4 is 17.5 Å². The largest absolute Gasteiger partial charge is 0.507 e. The number of piperazine rings is 1. The molecule has 3 aromatic rings. The van der Waals surface area contributed by atoms with Gasteiger partial charge in [-0.25, -0.2) is 8.78 Å². The number of carbonyl (C=O) groups excluding carboxylic acids is 1. The molecule has 7 heteroatoms. The van der Waals surface area contributed by atoms with Crippen LogP contribution < -0.4 is 9.64 Å². The van der Waals surface area contributed by atoms with Crippen molar-refractivity contribution in [2.75, 3.05) is 31.1 Å². The SMILES string of the molecule is Cc1cc(O)c(CN2CCN(c3ccc(F)cc3)CC2)c2c1C(=O)/C(=C/c1cccc(F)c1)O2. The summed E-state index contributed by atoms with van der Waals surface area (Å²) in [6.07, 6.45) is 1.52. The number of phenolic OH excluding ortho intramolecular Hbond substituents is 1. The predicted octanol–water partition coefficient (Wildman–Crippen LogP) is 4.92. The van der Waals surface area contributed by atoms with Gasteiger partial charge in [-0.15, -0.1) is 0 Å². The minimum Gasteiger partial charge on any atom is -0.507 e. The van der Waals surface area contributed by atoms with E-state index in [1.165, 1.54) is 30.3 Å². The van der Waals surface area contributed by atoms with Crippen molar-refractivity contribution < 1.29 is 23.4 Å². The molecule has 5 nitrogen and oxygen atoms in total. The number of nitrogens with zero attached hydrogens (tertiary/aromatic N) is 2. The molecule has 0 aromatic heterocycles. The van der Waals surface area contributed by atoms with Gasteiger partial charge < -0.3 is 14.7 Å². The first kappa shape index (κ1) is 22.1. The fraction of sp³-hybridized carbons (Fsp3) is 0.222. The Labute approximate surface area is 196 Å². The van der Waals surface area contributed by atoms with Crippen LogP contribution in [0.1, 0.15) is 27.0 Å². The van der Waals surface area contributed by atoms with E-state index in [2.05, 4.69) is 9.80 Å². The summed E-state index contributed by atoms with van der Waals surface area (Å²) >= 11 is 0. The van der Waals surface area contributed by atoms with E-state index in [0.717, 1.165) is 31.9 Å². The molecule has 0 unspecified atom stereocenters.